The summed E-state index contributed by atoms with van der Waals surface area (Å²) in [6, 6.07) is 0. The van der Waals surface area contributed by atoms with Gasteiger partial charge in [-0.2, -0.15) is 0 Å². The Morgan fingerprint density at radius 3 is 2.94 bits per heavy atom. The third-order valence-electron chi connectivity index (χ3n) is 3.67. The number of aryl methyl sites for hydroxylation is 1. The molecule has 0 fully saturated rings. The highest BCUT2D eigenvalue weighted by Crippen LogP contribution is 2.36. The van der Waals surface area contributed by atoms with Crippen LogP contribution in [0, 0.1) is 5.92 Å². The quantitative estimate of drug-likeness (QED) is 0.843. The Bertz CT molecular complexity index is 565. The van der Waals surface area contributed by atoms with Gasteiger partial charge in [-0.05, 0) is 31.1 Å². The molecule has 1 aliphatic rings. The van der Waals surface area contributed by atoms with Gasteiger partial charge in [0.1, 0.15) is 5.82 Å². The number of anilines is 1. The Morgan fingerprint density at radius 1 is 1.47 bits per heavy atom. The van der Waals surface area contributed by atoms with Gasteiger partial charge in [-0.3, -0.25) is 4.40 Å². The molecular weight excluding hydrogens is 230 g/mol. The minimum atomic E-state index is 0.403. The van der Waals surface area contributed by atoms with Crippen LogP contribution in [0.3, 0.4) is 0 Å². The molecule has 3 nitrogen and oxygen atoms in total. The van der Waals surface area contributed by atoms with E-state index < -0.39 is 0 Å². The Balaban J connectivity index is 2.20. The maximum Gasteiger partial charge on any atom is 0.196 e. The van der Waals surface area contributed by atoms with Crippen molar-refractivity contribution >= 4 is 22.1 Å². The number of aromatic nitrogens is 2. The van der Waals surface area contributed by atoms with Crippen molar-refractivity contribution < 1.29 is 0 Å². The van der Waals surface area contributed by atoms with E-state index in [4.69, 9.17) is 10.7 Å². The molecule has 0 saturated heterocycles. The van der Waals surface area contributed by atoms with E-state index in [1.807, 2.05) is 11.3 Å². The smallest absolute Gasteiger partial charge is 0.196 e. The van der Waals surface area contributed by atoms with Crippen LogP contribution >= 0.6 is 11.3 Å². The molecule has 4 heteroatoms. The second-order valence-corrected chi connectivity index (χ2v) is 6.54. The van der Waals surface area contributed by atoms with E-state index in [9.17, 15) is 0 Å². The van der Waals surface area contributed by atoms with Gasteiger partial charge in [-0.1, -0.05) is 20.8 Å². The lowest BCUT2D eigenvalue weighted by Crippen LogP contribution is -2.12. The fourth-order valence-electron chi connectivity index (χ4n) is 2.69. The molecule has 0 aliphatic heterocycles. The number of thiazole rings is 1. The van der Waals surface area contributed by atoms with Crippen LogP contribution in [-0.2, 0) is 12.8 Å². The fourth-order valence-corrected chi connectivity index (χ4v) is 4.03. The summed E-state index contributed by atoms with van der Waals surface area (Å²) in [5.41, 5.74) is 8.72. The zero-order chi connectivity index (χ0) is 12.2. The molecule has 2 aromatic rings. The van der Waals surface area contributed by atoms with E-state index in [-0.39, 0.29) is 0 Å². The maximum absolute atomic E-state index is 6.25. The van der Waals surface area contributed by atoms with Gasteiger partial charge in [0.25, 0.3) is 0 Å². The topological polar surface area (TPSA) is 43.3 Å². The van der Waals surface area contributed by atoms with E-state index in [1.54, 1.807) is 0 Å². The molecule has 1 atom stereocenters. The van der Waals surface area contributed by atoms with Crippen LogP contribution in [0.25, 0.3) is 4.96 Å². The number of rotatable bonds is 1. The number of nitrogens with two attached hydrogens (primary N) is 1. The first-order valence-electron chi connectivity index (χ1n) is 6.36. The summed E-state index contributed by atoms with van der Waals surface area (Å²) in [6.45, 7) is 6.63. The van der Waals surface area contributed by atoms with Crippen LogP contribution in [-0.4, -0.2) is 9.38 Å². The molecule has 3 rings (SSSR count). The summed E-state index contributed by atoms with van der Waals surface area (Å²) in [4.78, 5) is 7.28. The SMILES string of the molecule is CC1CCc2c(sc3nc(C(C)C)c(N)n23)C1. The van der Waals surface area contributed by atoms with Crippen molar-refractivity contribution in [2.24, 2.45) is 5.92 Å². The van der Waals surface area contributed by atoms with Crippen molar-refractivity contribution in [2.45, 2.75) is 46.0 Å². The average molecular weight is 249 g/mol. The number of hydrogen-bond donors (Lipinski definition) is 1. The molecular formula is C13H19N3S. The van der Waals surface area contributed by atoms with Gasteiger partial charge >= 0.3 is 0 Å². The van der Waals surface area contributed by atoms with E-state index in [1.165, 1.54) is 23.4 Å². The largest absolute Gasteiger partial charge is 0.383 e. The monoisotopic (exact) mass is 249 g/mol. The van der Waals surface area contributed by atoms with Gasteiger partial charge in [-0.15, -0.1) is 11.3 Å². The van der Waals surface area contributed by atoms with Crippen molar-refractivity contribution in [2.75, 3.05) is 5.73 Å². The lowest BCUT2D eigenvalue weighted by Gasteiger charge is -2.18. The second kappa shape index (κ2) is 3.73. The molecule has 0 radical (unpaired) electrons. The molecule has 2 heterocycles. The first kappa shape index (κ1) is 11.1. The Morgan fingerprint density at radius 2 is 2.24 bits per heavy atom. The average Bonchev–Trinajstić information content (AvgIpc) is 2.75. The highest BCUT2D eigenvalue weighted by molar-refractivity contribution is 7.17. The molecule has 1 unspecified atom stereocenters. The van der Waals surface area contributed by atoms with Gasteiger partial charge in [0.2, 0.25) is 0 Å². The van der Waals surface area contributed by atoms with Crippen LogP contribution in [0.15, 0.2) is 0 Å². The number of nitrogens with zero attached hydrogens (tertiary/aromatic N) is 2. The number of imidazole rings is 1. The normalized spacial score (nSPS) is 20.1. The first-order valence-corrected chi connectivity index (χ1v) is 7.18. The van der Waals surface area contributed by atoms with Crippen molar-refractivity contribution in [3.05, 3.63) is 16.3 Å². The molecule has 0 aromatic carbocycles. The summed E-state index contributed by atoms with van der Waals surface area (Å²) in [5.74, 6) is 2.07. The molecule has 92 valence electrons. The Labute approximate surface area is 106 Å². The minimum absolute atomic E-state index is 0.403. The molecule has 1 aliphatic carbocycles. The van der Waals surface area contributed by atoms with Gasteiger partial charge in [0.15, 0.2) is 4.96 Å². The second-order valence-electron chi connectivity index (χ2n) is 5.47. The van der Waals surface area contributed by atoms with Crippen molar-refractivity contribution in [1.29, 1.82) is 0 Å². The summed E-state index contributed by atoms with van der Waals surface area (Å²) in [5, 5.41) is 0. The lowest BCUT2D eigenvalue weighted by molar-refractivity contribution is 0.499. The molecule has 2 N–H and O–H groups in total. The van der Waals surface area contributed by atoms with E-state index in [0.29, 0.717) is 5.92 Å². The van der Waals surface area contributed by atoms with E-state index >= 15 is 0 Å². The van der Waals surface area contributed by atoms with Crippen LogP contribution in [0.1, 0.15) is 49.4 Å². The number of fused-ring (bicyclic) bond motifs is 3. The Kier molecular flexibility index (Phi) is 2.43. The molecule has 17 heavy (non-hydrogen) atoms. The minimum Gasteiger partial charge on any atom is -0.383 e. The number of nitrogen functional groups attached to an aromatic ring is 1. The van der Waals surface area contributed by atoms with Crippen molar-refractivity contribution in [3.8, 4) is 0 Å². The van der Waals surface area contributed by atoms with E-state index in [0.717, 1.165) is 28.8 Å². The van der Waals surface area contributed by atoms with Crippen molar-refractivity contribution in [3.63, 3.8) is 0 Å². The van der Waals surface area contributed by atoms with Gasteiger partial charge in [0.05, 0.1) is 5.69 Å². The van der Waals surface area contributed by atoms with E-state index in [2.05, 4.69) is 25.2 Å². The van der Waals surface area contributed by atoms with Crippen LogP contribution in [0.5, 0.6) is 0 Å². The molecule has 0 saturated carbocycles. The number of hydrogen-bond acceptors (Lipinski definition) is 3. The van der Waals surface area contributed by atoms with Crippen LogP contribution in [0.4, 0.5) is 5.82 Å². The molecule has 0 spiro atoms. The summed E-state index contributed by atoms with van der Waals surface area (Å²) < 4.78 is 2.20. The molecule has 0 bridgehead atoms. The standard InChI is InChI=1S/C13H19N3S/c1-7(2)11-12(14)16-9-5-4-8(3)6-10(9)17-13(16)15-11/h7-8H,4-6,14H2,1-3H3. The summed E-state index contributed by atoms with van der Waals surface area (Å²) in [7, 11) is 0. The Hall–Kier alpha value is -1.03. The zero-order valence-corrected chi connectivity index (χ0v) is 11.5. The van der Waals surface area contributed by atoms with Gasteiger partial charge in [-0.25, -0.2) is 4.98 Å². The lowest BCUT2D eigenvalue weighted by atomic mass is 9.93. The summed E-state index contributed by atoms with van der Waals surface area (Å²) >= 11 is 1.83. The van der Waals surface area contributed by atoms with Crippen LogP contribution < -0.4 is 5.73 Å². The fraction of sp³-hybridized carbons (Fsp3) is 0.615. The summed E-state index contributed by atoms with van der Waals surface area (Å²) in [6.07, 6.45) is 3.61. The maximum atomic E-state index is 6.25. The predicted molar refractivity (Wildman–Crippen MR) is 72.8 cm³/mol. The first-order chi connectivity index (χ1) is 8.08. The van der Waals surface area contributed by atoms with Crippen molar-refractivity contribution in [1.82, 2.24) is 9.38 Å². The molecule has 2 aromatic heterocycles. The van der Waals surface area contributed by atoms with Gasteiger partial charge in [0, 0.05) is 10.6 Å². The van der Waals surface area contributed by atoms with Crippen LogP contribution in [0.2, 0.25) is 0 Å². The molecule has 0 amide bonds. The highest BCUT2D eigenvalue weighted by atomic mass is 32.1. The van der Waals surface area contributed by atoms with Gasteiger partial charge < -0.3 is 5.73 Å². The third-order valence-corrected chi connectivity index (χ3v) is 4.78. The predicted octanol–water partition coefficient (Wildman–Crippen LogP) is 3.23. The highest BCUT2D eigenvalue weighted by Gasteiger charge is 2.24. The zero-order valence-electron chi connectivity index (χ0n) is 10.7. The third kappa shape index (κ3) is 1.58.